The van der Waals surface area contributed by atoms with Crippen molar-refractivity contribution in [1.29, 1.82) is 0 Å². The number of carbonyl (C=O) groups excluding carboxylic acids is 1. The van der Waals surface area contributed by atoms with Crippen LogP contribution in [0.15, 0.2) is 65.2 Å². The summed E-state index contributed by atoms with van der Waals surface area (Å²) >= 11 is 0. The van der Waals surface area contributed by atoms with Crippen LogP contribution in [0.4, 0.5) is 0 Å². The van der Waals surface area contributed by atoms with Gasteiger partial charge in [-0.1, -0.05) is 38.3 Å². The SMILES string of the molecule is C=CC=C1N=C2CCC(CC(=O)OC(C)(C)C)CCC2=C(CC(=C)CC(C)(CC)C(=O)O)N1C(=C)C. The first-order valence-electron chi connectivity index (χ1n) is 12.9. The van der Waals surface area contributed by atoms with Crippen molar-refractivity contribution >= 4 is 17.7 Å². The lowest BCUT2D eigenvalue weighted by Crippen LogP contribution is -2.30. The normalized spacial score (nSPS) is 21.2. The molecule has 1 fully saturated rings. The van der Waals surface area contributed by atoms with Crippen molar-refractivity contribution < 1.29 is 19.4 Å². The third-order valence-corrected chi connectivity index (χ3v) is 6.92. The zero-order valence-corrected chi connectivity index (χ0v) is 23.1. The van der Waals surface area contributed by atoms with Gasteiger partial charge in [0.25, 0.3) is 0 Å². The van der Waals surface area contributed by atoms with E-state index < -0.39 is 17.0 Å². The molecule has 36 heavy (non-hydrogen) atoms. The minimum absolute atomic E-state index is 0.162. The van der Waals surface area contributed by atoms with E-state index in [0.717, 1.165) is 59.8 Å². The van der Waals surface area contributed by atoms with Gasteiger partial charge in [-0.3, -0.25) is 9.59 Å². The van der Waals surface area contributed by atoms with Gasteiger partial charge < -0.3 is 14.7 Å². The molecule has 1 aliphatic heterocycles. The third-order valence-electron chi connectivity index (χ3n) is 6.92. The summed E-state index contributed by atoms with van der Waals surface area (Å²) in [6.45, 7) is 23.6. The fourth-order valence-electron chi connectivity index (χ4n) is 4.88. The molecule has 1 heterocycles. The van der Waals surface area contributed by atoms with Gasteiger partial charge in [-0.05, 0) is 90.7 Å². The lowest BCUT2D eigenvalue weighted by molar-refractivity contribution is -0.156. The fourth-order valence-corrected chi connectivity index (χ4v) is 4.88. The van der Waals surface area contributed by atoms with E-state index in [0.29, 0.717) is 25.7 Å². The number of fused-ring (bicyclic) bond motifs is 1. The maximum absolute atomic E-state index is 12.5. The van der Waals surface area contributed by atoms with Crippen LogP contribution in [0.2, 0.25) is 0 Å². The summed E-state index contributed by atoms with van der Waals surface area (Å²) in [5.41, 5.74) is 3.56. The molecule has 6 nitrogen and oxygen atoms in total. The summed E-state index contributed by atoms with van der Waals surface area (Å²) < 4.78 is 5.57. The number of ether oxygens (including phenoxy) is 1. The number of hydrogen-bond donors (Lipinski definition) is 1. The second-order valence-electron chi connectivity index (χ2n) is 11.4. The van der Waals surface area contributed by atoms with Gasteiger partial charge in [0, 0.05) is 29.9 Å². The van der Waals surface area contributed by atoms with Crippen molar-refractivity contribution in [3.63, 3.8) is 0 Å². The van der Waals surface area contributed by atoms with Crippen molar-refractivity contribution in [2.45, 2.75) is 98.5 Å². The summed E-state index contributed by atoms with van der Waals surface area (Å²) in [5.74, 6) is -0.00453. The van der Waals surface area contributed by atoms with Crippen LogP contribution < -0.4 is 0 Å². The number of carbonyl (C=O) groups is 2. The molecule has 0 bridgehead atoms. The topological polar surface area (TPSA) is 79.2 Å². The molecule has 0 saturated heterocycles. The summed E-state index contributed by atoms with van der Waals surface area (Å²) in [5, 5.41) is 9.78. The molecule has 1 N–H and O–H groups in total. The molecule has 0 aromatic heterocycles. The van der Waals surface area contributed by atoms with Crippen molar-refractivity contribution in [3.8, 4) is 0 Å². The van der Waals surface area contributed by atoms with E-state index in [9.17, 15) is 14.7 Å². The molecule has 0 spiro atoms. The number of carboxylic acid groups (broad SMARTS) is 1. The Hall–Kier alpha value is -2.89. The van der Waals surface area contributed by atoms with Crippen molar-refractivity contribution in [2.75, 3.05) is 0 Å². The minimum Gasteiger partial charge on any atom is -0.481 e. The Balaban J connectivity index is 2.41. The van der Waals surface area contributed by atoms with Crippen LogP contribution in [0.1, 0.15) is 92.9 Å². The average molecular weight is 497 g/mol. The molecule has 2 atom stereocenters. The van der Waals surface area contributed by atoms with E-state index in [4.69, 9.17) is 9.73 Å². The Kier molecular flexibility index (Phi) is 9.70. The number of hydrogen-bond acceptors (Lipinski definition) is 5. The highest BCUT2D eigenvalue weighted by molar-refractivity contribution is 6.02. The van der Waals surface area contributed by atoms with Gasteiger partial charge in [-0.25, -0.2) is 4.99 Å². The summed E-state index contributed by atoms with van der Waals surface area (Å²) in [6, 6.07) is 0. The second kappa shape index (κ2) is 11.9. The van der Waals surface area contributed by atoms with Crippen molar-refractivity contribution in [2.24, 2.45) is 16.3 Å². The molecular formula is C30H44N2O4. The monoisotopic (exact) mass is 496 g/mol. The Morgan fingerprint density at radius 1 is 1.19 bits per heavy atom. The van der Waals surface area contributed by atoms with E-state index in [1.807, 2.05) is 45.6 Å². The van der Waals surface area contributed by atoms with Gasteiger partial charge in [0.2, 0.25) is 0 Å². The lowest BCUT2D eigenvalue weighted by Gasteiger charge is -2.35. The molecule has 0 radical (unpaired) electrons. The maximum Gasteiger partial charge on any atom is 0.309 e. The predicted octanol–water partition coefficient (Wildman–Crippen LogP) is 7.32. The van der Waals surface area contributed by atoms with Gasteiger partial charge in [0.1, 0.15) is 11.4 Å². The zero-order chi connectivity index (χ0) is 27.3. The summed E-state index contributed by atoms with van der Waals surface area (Å²) in [4.78, 5) is 31.4. The summed E-state index contributed by atoms with van der Waals surface area (Å²) in [7, 11) is 0. The molecule has 2 rings (SSSR count). The van der Waals surface area contributed by atoms with Crippen LogP contribution in [-0.4, -0.2) is 33.3 Å². The van der Waals surface area contributed by atoms with Gasteiger partial charge in [0.05, 0.1) is 5.41 Å². The van der Waals surface area contributed by atoms with Crippen LogP contribution in [0.5, 0.6) is 0 Å². The molecule has 0 aromatic carbocycles. The first-order chi connectivity index (χ1) is 16.7. The van der Waals surface area contributed by atoms with Gasteiger partial charge in [-0.2, -0.15) is 0 Å². The third kappa shape index (κ3) is 7.55. The predicted molar refractivity (Wildman–Crippen MR) is 146 cm³/mol. The van der Waals surface area contributed by atoms with E-state index >= 15 is 0 Å². The standard InChI is InChI=1S/C30H44N2O4/c1-10-12-26-31-24-16-14-22(18-27(33)36-29(6,7)8)13-15-23(24)25(32(26)20(3)4)17-21(5)19-30(9,11-2)28(34)35/h10,12,22H,1,3,5,11,13-19H2,2,4,6-9H3,(H,34,35). The van der Waals surface area contributed by atoms with E-state index in [1.54, 1.807) is 13.0 Å². The number of allylic oxidation sites excluding steroid dienone is 5. The number of aliphatic imine (C=N–C) groups is 1. The summed E-state index contributed by atoms with van der Waals surface area (Å²) in [6.07, 6.45) is 8.70. The maximum atomic E-state index is 12.5. The number of rotatable bonds is 10. The number of nitrogens with zero attached hydrogens (tertiary/aromatic N) is 2. The van der Waals surface area contributed by atoms with Crippen LogP contribution in [0.25, 0.3) is 0 Å². The molecule has 0 amide bonds. The highest BCUT2D eigenvalue weighted by Crippen LogP contribution is 2.40. The zero-order valence-electron chi connectivity index (χ0n) is 23.1. The molecule has 198 valence electrons. The van der Waals surface area contributed by atoms with Crippen LogP contribution in [0.3, 0.4) is 0 Å². The Morgan fingerprint density at radius 2 is 1.83 bits per heavy atom. The second-order valence-corrected chi connectivity index (χ2v) is 11.4. The van der Waals surface area contributed by atoms with E-state index in [-0.39, 0.29) is 11.9 Å². The van der Waals surface area contributed by atoms with E-state index in [1.165, 1.54) is 0 Å². The van der Waals surface area contributed by atoms with E-state index in [2.05, 4.69) is 19.7 Å². The van der Waals surface area contributed by atoms with Crippen molar-refractivity contribution in [1.82, 2.24) is 4.90 Å². The van der Waals surface area contributed by atoms with Crippen LogP contribution in [-0.2, 0) is 14.3 Å². The Labute approximate surface area is 217 Å². The van der Waals surface area contributed by atoms with Crippen LogP contribution in [0, 0.1) is 11.3 Å². The highest BCUT2D eigenvalue weighted by Gasteiger charge is 2.34. The highest BCUT2D eigenvalue weighted by atomic mass is 16.6. The Bertz CT molecular complexity index is 1010. The molecule has 0 aromatic rings. The quantitative estimate of drug-likeness (QED) is 0.253. The minimum atomic E-state index is -0.857. The largest absolute Gasteiger partial charge is 0.481 e. The number of carboxylic acids is 1. The van der Waals surface area contributed by atoms with Gasteiger partial charge in [-0.15, -0.1) is 0 Å². The molecule has 6 heteroatoms. The molecule has 1 aliphatic carbocycles. The smallest absolute Gasteiger partial charge is 0.309 e. The molecular weight excluding hydrogens is 452 g/mol. The molecule has 1 saturated carbocycles. The first kappa shape index (κ1) is 29.3. The average Bonchev–Trinajstić information content (AvgIpc) is 2.94. The Morgan fingerprint density at radius 3 is 2.36 bits per heavy atom. The molecule has 2 unspecified atom stereocenters. The molecule has 2 aliphatic rings. The number of aliphatic carboxylic acids is 1. The first-order valence-corrected chi connectivity index (χ1v) is 12.9. The lowest BCUT2D eigenvalue weighted by atomic mass is 9.80. The van der Waals surface area contributed by atoms with Crippen LogP contribution >= 0.6 is 0 Å². The fraction of sp³-hybridized carbons (Fsp3) is 0.567. The van der Waals surface area contributed by atoms with Gasteiger partial charge >= 0.3 is 11.9 Å². The number of esters is 1. The van der Waals surface area contributed by atoms with Crippen molar-refractivity contribution in [3.05, 3.63) is 60.3 Å². The van der Waals surface area contributed by atoms with Gasteiger partial charge in [0.15, 0.2) is 0 Å².